The lowest BCUT2D eigenvalue weighted by Gasteiger charge is -2.23. The molecule has 0 aromatic heterocycles. The van der Waals surface area contributed by atoms with Crippen LogP contribution in [0.5, 0.6) is 0 Å². The van der Waals surface area contributed by atoms with Crippen molar-refractivity contribution >= 4 is 6.21 Å². The van der Waals surface area contributed by atoms with Gasteiger partial charge >= 0.3 is 0 Å². The summed E-state index contributed by atoms with van der Waals surface area (Å²) >= 11 is 0. The molecule has 0 saturated heterocycles. The van der Waals surface area contributed by atoms with Crippen molar-refractivity contribution in [3.05, 3.63) is 11.8 Å². The van der Waals surface area contributed by atoms with Gasteiger partial charge in [-0.3, -0.25) is 4.99 Å². The van der Waals surface area contributed by atoms with Crippen LogP contribution in [0.2, 0.25) is 0 Å². The fourth-order valence-corrected chi connectivity index (χ4v) is 0.486. The third-order valence-electron chi connectivity index (χ3n) is 1.98. The van der Waals surface area contributed by atoms with Crippen molar-refractivity contribution in [1.29, 1.82) is 0 Å². The van der Waals surface area contributed by atoms with Crippen molar-refractivity contribution < 1.29 is 5.11 Å². The van der Waals surface area contributed by atoms with E-state index in [2.05, 4.69) is 25.8 Å². The number of nitrogens with zero attached hydrogens (tertiary/aromatic N) is 1. The molecule has 0 heterocycles. The standard InChI is InChI=1S/C10H19NO/c1-6-9(12)7-11-8(2)10(3,4)5/h6-8,12H,1-5H3/b9-6+,11-7-. The highest BCUT2D eigenvalue weighted by molar-refractivity contribution is 5.75. The lowest BCUT2D eigenvalue weighted by Crippen LogP contribution is -2.20. The van der Waals surface area contributed by atoms with Crippen LogP contribution in [0.1, 0.15) is 34.6 Å². The Labute approximate surface area is 75.0 Å². The van der Waals surface area contributed by atoms with Gasteiger partial charge in [-0.05, 0) is 25.3 Å². The van der Waals surface area contributed by atoms with Gasteiger partial charge in [-0.1, -0.05) is 20.8 Å². The molecular formula is C10H19NO. The van der Waals surface area contributed by atoms with E-state index in [1.165, 1.54) is 6.21 Å². The van der Waals surface area contributed by atoms with E-state index in [1.54, 1.807) is 13.0 Å². The smallest absolute Gasteiger partial charge is 0.129 e. The summed E-state index contributed by atoms with van der Waals surface area (Å²) in [5.74, 6) is 0.228. The Balaban J connectivity index is 4.18. The average molecular weight is 169 g/mol. The Morgan fingerprint density at radius 1 is 1.42 bits per heavy atom. The summed E-state index contributed by atoms with van der Waals surface area (Å²) in [7, 11) is 0. The summed E-state index contributed by atoms with van der Waals surface area (Å²) in [4.78, 5) is 4.22. The van der Waals surface area contributed by atoms with E-state index >= 15 is 0 Å². The Morgan fingerprint density at radius 2 is 1.92 bits per heavy atom. The zero-order valence-electron chi connectivity index (χ0n) is 8.63. The lowest BCUT2D eigenvalue weighted by atomic mass is 9.88. The second-order valence-corrected chi connectivity index (χ2v) is 4.03. The highest BCUT2D eigenvalue weighted by Crippen LogP contribution is 2.21. The molecule has 0 aliphatic carbocycles. The van der Waals surface area contributed by atoms with Gasteiger partial charge in [0.2, 0.25) is 0 Å². The molecule has 0 radical (unpaired) electrons. The van der Waals surface area contributed by atoms with E-state index in [0.29, 0.717) is 0 Å². The molecule has 70 valence electrons. The van der Waals surface area contributed by atoms with Gasteiger partial charge in [0.1, 0.15) is 5.76 Å². The fourth-order valence-electron chi connectivity index (χ4n) is 0.486. The first kappa shape index (κ1) is 11.2. The van der Waals surface area contributed by atoms with Crippen molar-refractivity contribution in [2.45, 2.75) is 40.7 Å². The molecule has 1 unspecified atom stereocenters. The number of hydrogen-bond donors (Lipinski definition) is 1. The van der Waals surface area contributed by atoms with Crippen molar-refractivity contribution in [3.63, 3.8) is 0 Å². The molecule has 1 N–H and O–H groups in total. The molecule has 1 atom stereocenters. The minimum absolute atomic E-state index is 0.157. The number of aliphatic hydroxyl groups is 1. The predicted octanol–water partition coefficient (Wildman–Crippen LogP) is 2.95. The largest absolute Gasteiger partial charge is 0.507 e. The molecule has 0 bridgehead atoms. The second kappa shape index (κ2) is 4.29. The predicted molar refractivity (Wildman–Crippen MR) is 53.8 cm³/mol. The van der Waals surface area contributed by atoms with Gasteiger partial charge in [-0.2, -0.15) is 0 Å². The highest BCUT2D eigenvalue weighted by atomic mass is 16.3. The van der Waals surface area contributed by atoms with Crippen LogP contribution in [0.25, 0.3) is 0 Å². The van der Waals surface area contributed by atoms with Crippen LogP contribution in [0, 0.1) is 5.41 Å². The van der Waals surface area contributed by atoms with Gasteiger partial charge in [0.25, 0.3) is 0 Å². The van der Waals surface area contributed by atoms with Gasteiger partial charge in [-0.15, -0.1) is 0 Å². The first-order chi connectivity index (χ1) is 5.38. The Bertz CT molecular complexity index is 187. The fraction of sp³-hybridized carbons (Fsp3) is 0.700. The second-order valence-electron chi connectivity index (χ2n) is 4.03. The number of rotatable bonds is 2. The topological polar surface area (TPSA) is 32.6 Å². The van der Waals surface area contributed by atoms with Crippen molar-refractivity contribution in [1.82, 2.24) is 0 Å². The maximum Gasteiger partial charge on any atom is 0.129 e. The molecule has 0 fully saturated rings. The number of hydrogen-bond acceptors (Lipinski definition) is 2. The van der Waals surface area contributed by atoms with E-state index in [4.69, 9.17) is 5.11 Å². The van der Waals surface area contributed by atoms with Gasteiger partial charge in [0.15, 0.2) is 0 Å². The number of aliphatic imine (C=N–C) groups is 1. The third-order valence-corrected chi connectivity index (χ3v) is 1.98. The average Bonchev–Trinajstić information content (AvgIpc) is 1.97. The molecule has 0 aliphatic heterocycles. The first-order valence-corrected chi connectivity index (χ1v) is 4.26. The molecule has 0 aliphatic rings. The summed E-state index contributed by atoms with van der Waals surface area (Å²) in [5, 5.41) is 9.08. The molecule has 0 aromatic rings. The quantitative estimate of drug-likeness (QED) is 0.500. The molecule has 0 aromatic carbocycles. The van der Waals surface area contributed by atoms with Crippen LogP contribution >= 0.6 is 0 Å². The van der Waals surface area contributed by atoms with Gasteiger partial charge in [0, 0.05) is 0 Å². The molecule has 2 nitrogen and oxygen atoms in total. The van der Waals surface area contributed by atoms with Gasteiger partial charge in [0.05, 0.1) is 12.3 Å². The first-order valence-electron chi connectivity index (χ1n) is 4.26. The van der Waals surface area contributed by atoms with Crippen LogP contribution in [0.3, 0.4) is 0 Å². The molecule has 2 heteroatoms. The van der Waals surface area contributed by atoms with Crippen LogP contribution < -0.4 is 0 Å². The van der Waals surface area contributed by atoms with Crippen molar-refractivity contribution in [3.8, 4) is 0 Å². The van der Waals surface area contributed by atoms with Crippen LogP contribution in [-0.4, -0.2) is 17.4 Å². The minimum atomic E-state index is 0.157. The number of aliphatic hydroxyl groups excluding tert-OH is 1. The zero-order chi connectivity index (χ0) is 9.78. The maximum atomic E-state index is 9.08. The van der Waals surface area contributed by atoms with Crippen LogP contribution in [0.4, 0.5) is 0 Å². The molecule has 0 saturated carbocycles. The lowest BCUT2D eigenvalue weighted by molar-refractivity contribution is 0.341. The van der Waals surface area contributed by atoms with Crippen LogP contribution in [-0.2, 0) is 0 Å². The Morgan fingerprint density at radius 3 is 2.25 bits per heavy atom. The normalized spacial score (nSPS) is 16.9. The van der Waals surface area contributed by atoms with Crippen molar-refractivity contribution in [2.24, 2.45) is 10.4 Å². The SMILES string of the molecule is C/C=C(O)\C=N/C(C)C(C)(C)C. The molecule has 0 amide bonds. The maximum absolute atomic E-state index is 9.08. The van der Waals surface area contributed by atoms with Crippen molar-refractivity contribution in [2.75, 3.05) is 0 Å². The van der Waals surface area contributed by atoms with Gasteiger partial charge < -0.3 is 5.11 Å². The third kappa shape index (κ3) is 4.16. The summed E-state index contributed by atoms with van der Waals surface area (Å²) in [6.45, 7) is 10.2. The molecule has 0 rings (SSSR count). The summed E-state index contributed by atoms with van der Waals surface area (Å²) in [6.07, 6.45) is 3.13. The van der Waals surface area contributed by atoms with E-state index in [-0.39, 0.29) is 17.2 Å². The molecule has 12 heavy (non-hydrogen) atoms. The number of allylic oxidation sites excluding steroid dienone is 2. The van der Waals surface area contributed by atoms with E-state index in [1.807, 2.05) is 6.92 Å². The molecular weight excluding hydrogens is 150 g/mol. The zero-order valence-corrected chi connectivity index (χ0v) is 8.63. The Kier molecular flexibility index (Phi) is 4.01. The van der Waals surface area contributed by atoms with E-state index in [9.17, 15) is 0 Å². The highest BCUT2D eigenvalue weighted by Gasteiger charge is 2.17. The van der Waals surface area contributed by atoms with Gasteiger partial charge in [-0.25, -0.2) is 0 Å². The summed E-state index contributed by atoms with van der Waals surface area (Å²) in [6, 6.07) is 0.222. The van der Waals surface area contributed by atoms with E-state index in [0.717, 1.165) is 0 Å². The Hall–Kier alpha value is -0.790. The molecule has 0 spiro atoms. The monoisotopic (exact) mass is 169 g/mol. The van der Waals surface area contributed by atoms with Crippen LogP contribution in [0.15, 0.2) is 16.8 Å². The summed E-state index contributed by atoms with van der Waals surface area (Å²) < 4.78 is 0. The van der Waals surface area contributed by atoms with E-state index < -0.39 is 0 Å². The summed E-state index contributed by atoms with van der Waals surface area (Å²) in [5.41, 5.74) is 0.157. The minimum Gasteiger partial charge on any atom is -0.507 e.